The Labute approximate surface area is 104 Å². The van der Waals surface area contributed by atoms with Gasteiger partial charge in [0.2, 0.25) is 0 Å². The van der Waals surface area contributed by atoms with Crippen LogP contribution in [0.2, 0.25) is 0 Å². The van der Waals surface area contributed by atoms with E-state index in [4.69, 9.17) is 15.2 Å². The lowest BCUT2D eigenvalue weighted by Crippen LogP contribution is -2.15. The van der Waals surface area contributed by atoms with Crippen molar-refractivity contribution < 1.29 is 9.47 Å². The molecule has 1 aromatic heterocycles. The van der Waals surface area contributed by atoms with Crippen LogP contribution in [0.5, 0.6) is 11.5 Å². The molecule has 88 valence electrons. The normalized spacial score (nSPS) is 13.7. The van der Waals surface area contributed by atoms with Crippen molar-refractivity contribution in [3.05, 3.63) is 34.5 Å². The van der Waals surface area contributed by atoms with Crippen molar-refractivity contribution in [2.45, 2.75) is 6.54 Å². The third-order valence-corrected chi connectivity index (χ3v) is 3.69. The first-order valence-corrected chi connectivity index (χ1v) is 6.42. The molecule has 3 nitrogen and oxygen atoms in total. The lowest BCUT2D eigenvalue weighted by atomic mass is 10.1. The first kappa shape index (κ1) is 10.6. The zero-order valence-corrected chi connectivity index (χ0v) is 10.1. The Morgan fingerprint density at radius 1 is 1.06 bits per heavy atom. The highest BCUT2D eigenvalue weighted by atomic mass is 32.1. The molecular formula is C13H13NO2S. The second kappa shape index (κ2) is 4.39. The molecule has 0 amide bonds. The summed E-state index contributed by atoms with van der Waals surface area (Å²) in [5.74, 6) is 1.66. The maximum absolute atomic E-state index is 5.62. The highest BCUT2D eigenvalue weighted by Crippen LogP contribution is 2.35. The van der Waals surface area contributed by atoms with Gasteiger partial charge in [-0.3, -0.25) is 0 Å². The van der Waals surface area contributed by atoms with Gasteiger partial charge in [0.1, 0.15) is 13.2 Å². The third-order valence-electron chi connectivity index (χ3n) is 2.73. The highest BCUT2D eigenvalue weighted by molar-refractivity contribution is 7.10. The van der Waals surface area contributed by atoms with E-state index in [9.17, 15) is 0 Å². The molecule has 1 aliphatic heterocycles. The van der Waals surface area contributed by atoms with Crippen LogP contribution in [0.15, 0.2) is 29.6 Å². The molecule has 0 radical (unpaired) electrons. The Kier molecular flexibility index (Phi) is 2.74. The van der Waals surface area contributed by atoms with E-state index in [0.717, 1.165) is 17.1 Å². The first-order chi connectivity index (χ1) is 8.36. The fourth-order valence-electron chi connectivity index (χ4n) is 1.86. The van der Waals surface area contributed by atoms with Crippen molar-refractivity contribution in [1.29, 1.82) is 0 Å². The van der Waals surface area contributed by atoms with Crippen LogP contribution in [-0.4, -0.2) is 13.2 Å². The molecule has 0 unspecified atom stereocenters. The van der Waals surface area contributed by atoms with Gasteiger partial charge in [-0.1, -0.05) is 6.07 Å². The van der Waals surface area contributed by atoms with Crippen LogP contribution in [0.25, 0.3) is 11.1 Å². The summed E-state index contributed by atoms with van der Waals surface area (Å²) in [6.07, 6.45) is 0. The molecule has 0 spiro atoms. The minimum absolute atomic E-state index is 0.592. The van der Waals surface area contributed by atoms with E-state index in [1.165, 1.54) is 10.4 Å². The average molecular weight is 247 g/mol. The summed E-state index contributed by atoms with van der Waals surface area (Å²) in [6.45, 7) is 1.84. The van der Waals surface area contributed by atoms with Gasteiger partial charge in [-0.2, -0.15) is 0 Å². The molecule has 1 aliphatic rings. The van der Waals surface area contributed by atoms with Gasteiger partial charge in [0.25, 0.3) is 0 Å². The summed E-state index contributed by atoms with van der Waals surface area (Å²) in [4.78, 5) is 1.19. The van der Waals surface area contributed by atoms with E-state index in [2.05, 4.69) is 17.5 Å². The number of thiophene rings is 1. The summed E-state index contributed by atoms with van der Waals surface area (Å²) in [5.41, 5.74) is 7.95. The minimum atomic E-state index is 0.592. The van der Waals surface area contributed by atoms with Crippen LogP contribution in [-0.2, 0) is 6.54 Å². The summed E-state index contributed by atoms with van der Waals surface area (Å²) >= 11 is 1.68. The maximum Gasteiger partial charge on any atom is 0.161 e. The Hall–Kier alpha value is -1.52. The molecule has 0 atom stereocenters. The van der Waals surface area contributed by atoms with Gasteiger partial charge in [-0.05, 0) is 34.7 Å². The van der Waals surface area contributed by atoms with Gasteiger partial charge in [-0.25, -0.2) is 0 Å². The number of benzene rings is 1. The SMILES string of the molecule is NCc1cc(-c2ccc3c(c2)OCCO3)cs1. The van der Waals surface area contributed by atoms with Gasteiger partial charge in [-0.15, -0.1) is 11.3 Å². The number of hydrogen-bond acceptors (Lipinski definition) is 4. The second-order valence-corrected chi connectivity index (χ2v) is 4.86. The molecule has 0 saturated heterocycles. The van der Waals surface area contributed by atoms with Crippen molar-refractivity contribution in [3.8, 4) is 22.6 Å². The molecule has 17 heavy (non-hydrogen) atoms. The Morgan fingerprint density at radius 2 is 1.88 bits per heavy atom. The van der Waals surface area contributed by atoms with E-state index in [0.29, 0.717) is 19.8 Å². The predicted octanol–water partition coefficient (Wildman–Crippen LogP) is 2.65. The van der Waals surface area contributed by atoms with Crippen LogP contribution in [0.4, 0.5) is 0 Å². The molecule has 2 N–H and O–H groups in total. The van der Waals surface area contributed by atoms with E-state index in [-0.39, 0.29) is 0 Å². The zero-order valence-electron chi connectivity index (χ0n) is 9.31. The number of rotatable bonds is 2. The number of hydrogen-bond donors (Lipinski definition) is 1. The third kappa shape index (κ3) is 2.01. The lowest BCUT2D eigenvalue weighted by molar-refractivity contribution is 0.171. The van der Waals surface area contributed by atoms with E-state index < -0.39 is 0 Å². The molecule has 4 heteroatoms. The van der Waals surface area contributed by atoms with Crippen molar-refractivity contribution in [1.82, 2.24) is 0 Å². The van der Waals surface area contributed by atoms with Crippen LogP contribution in [0.3, 0.4) is 0 Å². The molecule has 2 aromatic rings. The van der Waals surface area contributed by atoms with Gasteiger partial charge >= 0.3 is 0 Å². The summed E-state index contributed by atoms with van der Waals surface area (Å²) < 4.78 is 11.1. The molecule has 0 bridgehead atoms. The highest BCUT2D eigenvalue weighted by Gasteiger charge is 2.12. The Morgan fingerprint density at radius 3 is 2.65 bits per heavy atom. The molecular weight excluding hydrogens is 234 g/mol. The van der Waals surface area contributed by atoms with Crippen molar-refractivity contribution in [2.24, 2.45) is 5.73 Å². The van der Waals surface area contributed by atoms with Crippen molar-refractivity contribution in [3.63, 3.8) is 0 Å². The standard InChI is InChI=1S/C13H13NO2S/c14-7-11-5-10(8-17-11)9-1-2-12-13(6-9)16-4-3-15-12/h1-2,5-6,8H,3-4,7,14H2. The molecule has 0 fully saturated rings. The van der Waals surface area contributed by atoms with Gasteiger partial charge < -0.3 is 15.2 Å². The summed E-state index contributed by atoms with van der Waals surface area (Å²) in [6, 6.07) is 8.16. The smallest absolute Gasteiger partial charge is 0.161 e. The van der Waals surface area contributed by atoms with E-state index in [1.54, 1.807) is 11.3 Å². The molecule has 0 saturated carbocycles. The monoisotopic (exact) mass is 247 g/mol. The summed E-state index contributed by atoms with van der Waals surface area (Å²) in [5, 5.41) is 2.12. The lowest BCUT2D eigenvalue weighted by Gasteiger charge is -2.18. The fourth-order valence-corrected chi connectivity index (χ4v) is 2.64. The average Bonchev–Trinajstić information content (AvgIpc) is 2.87. The van der Waals surface area contributed by atoms with Crippen LogP contribution in [0.1, 0.15) is 4.88 Å². The van der Waals surface area contributed by atoms with E-state index >= 15 is 0 Å². The second-order valence-electron chi connectivity index (χ2n) is 3.86. The van der Waals surface area contributed by atoms with E-state index in [1.807, 2.05) is 12.1 Å². The Bertz CT molecular complexity index is 536. The van der Waals surface area contributed by atoms with Crippen LogP contribution >= 0.6 is 11.3 Å². The quantitative estimate of drug-likeness (QED) is 0.887. The zero-order chi connectivity index (χ0) is 11.7. The number of fused-ring (bicyclic) bond motifs is 1. The molecule has 0 aliphatic carbocycles. The van der Waals surface area contributed by atoms with Gasteiger partial charge in [0.05, 0.1) is 0 Å². The van der Waals surface area contributed by atoms with Crippen molar-refractivity contribution in [2.75, 3.05) is 13.2 Å². The topological polar surface area (TPSA) is 44.5 Å². The van der Waals surface area contributed by atoms with Crippen LogP contribution < -0.4 is 15.2 Å². The van der Waals surface area contributed by atoms with Gasteiger partial charge in [0, 0.05) is 11.4 Å². The number of ether oxygens (including phenoxy) is 2. The maximum atomic E-state index is 5.62. The largest absolute Gasteiger partial charge is 0.486 e. The van der Waals surface area contributed by atoms with Crippen molar-refractivity contribution >= 4 is 11.3 Å². The predicted molar refractivity (Wildman–Crippen MR) is 68.6 cm³/mol. The fraction of sp³-hybridized carbons (Fsp3) is 0.231. The van der Waals surface area contributed by atoms with Gasteiger partial charge in [0.15, 0.2) is 11.5 Å². The summed E-state index contributed by atoms with van der Waals surface area (Å²) in [7, 11) is 0. The molecule has 1 aromatic carbocycles. The minimum Gasteiger partial charge on any atom is -0.486 e. The first-order valence-electron chi connectivity index (χ1n) is 5.54. The molecule has 3 rings (SSSR count). The molecule has 2 heterocycles. The number of nitrogens with two attached hydrogens (primary N) is 1. The van der Waals surface area contributed by atoms with Crippen LogP contribution in [0, 0.1) is 0 Å². The Balaban J connectivity index is 1.97.